The van der Waals surface area contributed by atoms with E-state index in [4.69, 9.17) is 4.74 Å². The second-order valence-corrected chi connectivity index (χ2v) is 8.44. The van der Waals surface area contributed by atoms with Crippen LogP contribution in [0, 0.1) is 0 Å². The smallest absolute Gasteiger partial charge is 0.322 e. The van der Waals surface area contributed by atoms with Crippen molar-refractivity contribution < 1.29 is 19.1 Å². The molecule has 7 nitrogen and oxygen atoms in total. The number of benzene rings is 2. The fraction of sp³-hybridized carbons (Fsp3) is 0.375. The van der Waals surface area contributed by atoms with Gasteiger partial charge < -0.3 is 15.4 Å². The zero-order chi connectivity index (χ0) is 22.1. The third-order valence-corrected chi connectivity index (χ3v) is 6.53. The second-order valence-electron chi connectivity index (χ2n) is 8.44. The van der Waals surface area contributed by atoms with E-state index in [0.29, 0.717) is 11.3 Å². The minimum atomic E-state index is -1.17. The molecule has 7 heteroatoms. The van der Waals surface area contributed by atoms with E-state index in [1.807, 2.05) is 24.3 Å². The van der Waals surface area contributed by atoms with Gasteiger partial charge in [0.2, 0.25) is 5.91 Å². The maximum Gasteiger partial charge on any atom is 0.322 e. The summed E-state index contributed by atoms with van der Waals surface area (Å²) >= 11 is 0. The van der Waals surface area contributed by atoms with Crippen molar-refractivity contribution in [1.29, 1.82) is 0 Å². The fourth-order valence-corrected chi connectivity index (χ4v) is 4.62. The molecule has 0 aromatic heterocycles. The van der Waals surface area contributed by atoms with Crippen molar-refractivity contribution in [3.8, 4) is 5.75 Å². The monoisotopic (exact) mass is 421 g/mol. The van der Waals surface area contributed by atoms with Crippen molar-refractivity contribution in [3.63, 3.8) is 0 Å². The van der Waals surface area contributed by atoms with Crippen LogP contribution in [0.4, 0.5) is 10.5 Å². The van der Waals surface area contributed by atoms with E-state index in [2.05, 4.69) is 16.0 Å². The highest BCUT2D eigenvalue weighted by Crippen LogP contribution is 2.41. The average molecular weight is 421 g/mol. The number of methoxy groups -OCH3 is 1. The molecule has 1 aliphatic heterocycles. The van der Waals surface area contributed by atoms with Crippen molar-refractivity contribution in [3.05, 3.63) is 59.7 Å². The number of rotatable bonds is 5. The van der Waals surface area contributed by atoms with Crippen LogP contribution >= 0.6 is 0 Å². The zero-order valence-electron chi connectivity index (χ0n) is 17.8. The fourth-order valence-electron chi connectivity index (χ4n) is 4.62. The van der Waals surface area contributed by atoms with E-state index in [1.165, 1.54) is 0 Å². The Hall–Kier alpha value is -3.35. The first-order valence-corrected chi connectivity index (χ1v) is 10.6. The first-order valence-electron chi connectivity index (χ1n) is 10.6. The zero-order valence-corrected chi connectivity index (χ0v) is 17.8. The molecule has 0 radical (unpaired) electrons. The summed E-state index contributed by atoms with van der Waals surface area (Å²) in [5.41, 5.74) is 0.405. The van der Waals surface area contributed by atoms with Gasteiger partial charge in [-0.25, -0.2) is 4.79 Å². The minimum Gasteiger partial charge on any atom is -0.497 e. The molecule has 2 aromatic rings. The first-order chi connectivity index (χ1) is 14.9. The third-order valence-electron chi connectivity index (χ3n) is 6.53. The second kappa shape index (κ2) is 8.06. The highest BCUT2D eigenvalue weighted by atomic mass is 16.5. The lowest BCUT2D eigenvalue weighted by molar-refractivity contribution is -0.124. The first kappa shape index (κ1) is 20.9. The molecule has 1 saturated carbocycles. The van der Waals surface area contributed by atoms with Crippen molar-refractivity contribution in [1.82, 2.24) is 10.6 Å². The van der Waals surface area contributed by atoms with E-state index < -0.39 is 22.9 Å². The number of ether oxygens (including phenoxy) is 1. The van der Waals surface area contributed by atoms with Gasteiger partial charge in [0.05, 0.1) is 12.5 Å². The van der Waals surface area contributed by atoms with Crippen molar-refractivity contribution >= 4 is 23.5 Å². The van der Waals surface area contributed by atoms with E-state index >= 15 is 0 Å². The maximum atomic E-state index is 13.6. The Balaban J connectivity index is 1.62. The van der Waals surface area contributed by atoms with E-state index in [0.717, 1.165) is 43.4 Å². The molecule has 1 unspecified atom stereocenters. The molecule has 2 fully saturated rings. The summed E-state index contributed by atoms with van der Waals surface area (Å²) in [4.78, 5) is 37.5. The average Bonchev–Trinajstić information content (AvgIpc) is 3.06. The summed E-state index contributed by atoms with van der Waals surface area (Å²) in [5.74, 6) is 0.287. The number of amides is 4. The van der Waals surface area contributed by atoms with Crippen LogP contribution in [0.15, 0.2) is 48.5 Å². The summed E-state index contributed by atoms with van der Waals surface area (Å²) < 4.78 is 5.27. The Morgan fingerprint density at radius 2 is 1.71 bits per heavy atom. The Morgan fingerprint density at radius 1 is 1.00 bits per heavy atom. The van der Waals surface area contributed by atoms with Gasteiger partial charge in [-0.2, -0.15) is 0 Å². The van der Waals surface area contributed by atoms with Crippen LogP contribution in [0.25, 0.3) is 0 Å². The molecule has 31 heavy (non-hydrogen) atoms. The van der Waals surface area contributed by atoms with Crippen LogP contribution < -0.4 is 20.7 Å². The number of hydrogen-bond donors (Lipinski definition) is 3. The predicted octanol–water partition coefficient (Wildman–Crippen LogP) is 3.59. The van der Waals surface area contributed by atoms with E-state index in [-0.39, 0.29) is 5.91 Å². The Kier molecular flexibility index (Phi) is 5.43. The molecular formula is C24H27N3O4. The molecule has 1 heterocycles. The Morgan fingerprint density at radius 3 is 2.32 bits per heavy atom. The quantitative estimate of drug-likeness (QED) is 0.643. The number of imide groups is 1. The molecule has 0 spiro atoms. The molecule has 162 valence electrons. The van der Waals surface area contributed by atoms with Crippen molar-refractivity contribution in [2.24, 2.45) is 0 Å². The normalized spacial score (nSPS) is 22.4. The molecule has 4 amide bonds. The van der Waals surface area contributed by atoms with Gasteiger partial charge >= 0.3 is 6.03 Å². The molecule has 2 aromatic carbocycles. The van der Waals surface area contributed by atoms with Gasteiger partial charge in [0.15, 0.2) is 0 Å². The summed E-state index contributed by atoms with van der Waals surface area (Å²) in [6.07, 6.45) is 4.66. The number of carbonyl (C=O) groups is 3. The van der Waals surface area contributed by atoms with Gasteiger partial charge in [-0.05, 0) is 55.2 Å². The Bertz CT molecular complexity index is 1010. The van der Waals surface area contributed by atoms with E-state index in [1.54, 1.807) is 38.3 Å². The summed E-state index contributed by atoms with van der Waals surface area (Å²) in [6.45, 7) is 1.65. The molecular weight excluding hydrogens is 394 g/mol. The predicted molar refractivity (Wildman–Crippen MR) is 117 cm³/mol. The molecule has 3 N–H and O–H groups in total. The SMILES string of the molecule is COc1ccc(C2(C(=O)Nc3cccc(C4(C)NC(=O)NC4=O)c3)CCCCC2)cc1. The lowest BCUT2D eigenvalue weighted by Crippen LogP contribution is -2.42. The van der Waals surface area contributed by atoms with Gasteiger partial charge in [0.1, 0.15) is 11.3 Å². The molecule has 1 saturated heterocycles. The van der Waals surface area contributed by atoms with Crippen LogP contribution in [0.5, 0.6) is 5.75 Å². The molecule has 1 atom stereocenters. The third kappa shape index (κ3) is 3.76. The molecule has 2 aliphatic rings. The minimum absolute atomic E-state index is 0.0559. The largest absolute Gasteiger partial charge is 0.497 e. The summed E-state index contributed by atoms with van der Waals surface area (Å²) in [7, 11) is 1.62. The standard InChI is InChI=1S/C24H27N3O4/c1-23(20(28)26-22(30)27-23)17-7-6-8-18(15-17)25-21(29)24(13-4-3-5-14-24)16-9-11-19(31-2)12-10-16/h6-12,15H,3-5,13-14H2,1-2H3,(H,25,29)(H2,26,27,28,30). The van der Waals surface area contributed by atoms with Crippen LogP contribution in [0.1, 0.15) is 50.2 Å². The van der Waals surface area contributed by atoms with Gasteiger partial charge in [-0.1, -0.05) is 43.5 Å². The highest BCUT2D eigenvalue weighted by molar-refractivity contribution is 6.07. The van der Waals surface area contributed by atoms with Gasteiger partial charge in [0.25, 0.3) is 5.91 Å². The van der Waals surface area contributed by atoms with Crippen LogP contribution in [0.2, 0.25) is 0 Å². The lowest BCUT2D eigenvalue weighted by atomic mass is 9.68. The van der Waals surface area contributed by atoms with Gasteiger partial charge in [-0.3, -0.25) is 14.9 Å². The number of urea groups is 1. The van der Waals surface area contributed by atoms with E-state index in [9.17, 15) is 14.4 Å². The summed E-state index contributed by atoms with van der Waals surface area (Å²) in [6, 6.07) is 14.3. The molecule has 0 bridgehead atoms. The molecule has 4 rings (SSSR count). The molecule has 1 aliphatic carbocycles. The summed E-state index contributed by atoms with van der Waals surface area (Å²) in [5, 5.41) is 8.00. The maximum absolute atomic E-state index is 13.6. The van der Waals surface area contributed by atoms with Gasteiger partial charge in [-0.15, -0.1) is 0 Å². The van der Waals surface area contributed by atoms with Crippen molar-refractivity contribution in [2.75, 3.05) is 12.4 Å². The number of hydrogen-bond acceptors (Lipinski definition) is 4. The Labute approximate surface area is 181 Å². The van der Waals surface area contributed by atoms with Crippen molar-refractivity contribution in [2.45, 2.75) is 50.0 Å². The number of anilines is 1. The topological polar surface area (TPSA) is 96.5 Å². The van der Waals surface area contributed by atoms with Crippen LogP contribution in [0.3, 0.4) is 0 Å². The van der Waals surface area contributed by atoms with Crippen LogP contribution in [-0.2, 0) is 20.5 Å². The highest BCUT2D eigenvalue weighted by Gasteiger charge is 2.44. The lowest BCUT2D eigenvalue weighted by Gasteiger charge is -2.36. The number of nitrogens with one attached hydrogen (secondary N) is 3. The van der Waals surface area contributed by atoms with Gasteiger partial charge in [0, 0.05) is 5.69 Å². The number of carbonyl (C=O) groups excluding carboxylic acids is 3. The van der Waals surface area contributed by atoms with Crippen LogP contribution in [-0.4, -0.2) is 25.0 Å².